The molecule has 0 saturated carbocycles. The third-order valence-corrected chi connectivity index (χ3v) is 4.71. The van der Waals surface area contributed by atoms with Gasteiger partial charge in [-0.3, -0.25) is 15.0 Å². The number of hydrogen-bond donors (Lipinski definition) is 1. The van der Waals surface area contributed by atoms with Crippen molar-refractivity contribution in [2.45, 2.75) is 26.4 Å². The van der Waals surface area contributed by atoms with Gasteiger partial charge in [-0.05, 0) is 25.5 Å². The highest BCUT2D eigenvalue weighted by Crippen LogP contribution is 2.27. The van der Waals surface area contributed by atoms with Crippen LogP contribution in [0, 0.1) is 10.1 Å². The highest BCUT2D eigenvalue weighted by Gasteiger charge is 2.20. The second-order valence-corrected chi connectivity index (χ2v) is 6.18. The van der Waals surface area contributed by atoms with Gasteiger partial charge in [0.15, 0.2) is 0 Å². The number of hydrogen-bond acceptors (Lipinski definition) is 5. The number of thioether (sulfide) groups is 1. The Morgan fingerprint density at radius 3 is 3.00 bits per heavy atom. The average Bonchev–Trinajstić information content (AvgIpc) is 2.43. The van der Waals surface area contributed by atoms with Gasteiger partial charge < -0.3 is 5.32 Å². The quantitative estimate of drug-likeness (QED) is 0.668. The van der Waals surface area contributed by atoms with Crippen molar-refractivity contribution in [2.75, 3.05) is 29.9 Å². The van der Waals surface area contributed by atoms with E-state index < -0.39 is 0 Å². The first-order valence-corrected chi connectivity index (χ1v) is 8.10. The normalized spacial score (nSPS) is 19.8. The van der Waals surface area contributed by atoms with Crippen LogP contribution in [-0.4, -0.2) is 40.5 Å². The minimum absolute atomic E-state index is 0.170. The van der Waals surface area contributed by atoms with E-state index >= 15 is 0 Å². The van der Waals surface area contributed by atoms with E-state index in [1.807, 2.05) is 30.8 Å². The van der Waals surface area contributed by atoms with Crippen molar-refractivity contribution in [1.82, 2.24) is 4.90 Å². The minimum Gasteiger partial charge on any atom is -0.380 e. The first kappa shape index (κ1) is 15.1. The van der Waals surface area contributed by atoms with Crippen LogP contribution in [0.2, 0.25) is 0 Å². The van der Waals surface area contributed by atoms with Crippen molar-refractivity contribution in [2.24, 2.45) is 0 Å². The van der Waals surface area contributed by atoms with Crippen LogP contribution in [0.4, 0.5) is 11.4 Å². The first-order chi connectivity index (χ1) is 9.61. The second-order valence-electron chi connectivity index (χ2n) is 5.03. The molecule has 110 valence electrons. The molecule has 0 amide bonds. The maximum Gasteiger partial charge on any atom is 0.292 e. The van der Waals surface area contributed by atoms with Crippen LogP contribution in [0.5, 0.6) is 0 Å². The van der Waals surface area contributed by atoms with E-state index in [1.54, 1.807) is 6.07 Å². The molecule has 0 aliphatic carbocycles. The summed E-state index contributed by atoms with van der Waals surface area (Å²) < 4.78 is 0. The van der Waals surface area contributed by atoms with E-state index in [-0.39, 0.29) is 10.6 Å². The van der Waals surface area contributed by atoms with Crippen molar-refractivity contribution >= 4 is 23.1 Å². The third-order valence-electron chi connectivity index (χ3n) is 3.52. The molecule has 1 aliphatic rings. The topological polar surface area (TPSA) is 58.4 Å². The summed E-state index contributed by atoms with van der Waals surface area (Å²) in [4.78, 5) is 13.2. The maximum atomic E-state index is 11.2. The first-order valence-electron chi connectivity index (χ1n) is 6.94. The zero-order valence-electron chi connectivity index (χ0n) is 12.0. The lowest BCUT2D eigenvalue weighted by Crippen LogP contribution is -2.39. The zero-order valence-corrected chi connectivity index (χ0v) is 12.8. The van der Waals surface area contributed by atoms with Crippen LogP contribution in [0.15, 0.2) is 18.2 Å². The molecule has 0 bridgehead atoms. The van der Waals surface area contributed by atoms with E-state index in [1.165, 1.54) is 0 Å². The molecular formula is C14H21N3O2S. The van der Waals surface area contributed by atoms with Crippen molar-refractivity contribution < 1.29 is 4.92 Å². The highest BCUT2D eigenvalue weighted by molar-refractivity contribution is 7.99. The smallest absolute Gasteiger partial charge is 0.292 e. The molecule has 1 aromatic rings. The summed E-state index contributed by atoms with van der Waals surface area (Å²) in [6.45, 7) is 6.67. The Bertz CT molecular complexity index is 481. The van der Waals surface area contributed by atoms with Crippen LogP contribution >= 0.6 is 11.8 Å². The molecule has 1 aliphatic heterocycles. The Kier molecular flexibility index (Phi) is 5.25. The van der Waals surface area contributed by atoms with Gasteiger partial charge in [-0.2, -0.15) is 11.8 Å². The van der Waals surface area contributed by atoms with Crippen LogP contribution in [0.25, 0.3) is 0 Å². The van der Waals surface area contributed by atoms with Crippen molar-refractivity contribution in [3.63, 3.8) is 0 Å². The summed E-state index contributed by atoms with van der Waals surface area (Å²) in [5, 5.41) is 14.2. The van der Waals surface area contributed by atoms with Crippen LogP contribution in [0.3, 0.4) is 0 Å². The number of nitro benzene ring substituents is 1. The Morgan fingerprint density at radius 2 is 2.35 bits per heavy atom. The van der Waals surface area contributed by atoms with Gasteiger partial charge in [0.25, 0.3) is 5.69 Å². The summed E-state index contributed by atoms with van der Waals surface area (Å²) in [6.07, 6.45) is 0. The summed E-state index contributed by atoms with van der Waals surface area (Å²) in [5.74, 6) is 2.28. The molecule has 2 rings (SSSR count). The molecule has 1 heterocycles. The van der Waals surface area contributed by atoms with Gasteiger partial charge in [0.1, 0.15) is 5.69 Å². The summed E-state index contributed by atoms with van der Waals surface area (Å²) >= 11 is 1.97. The van der Waals surface area contributed by atoms with Gasteiger partial charge in [0.05, 0.1) is 4.92 Å². The Balaban J connectivity index is 2.15. The summed E-state index contributed by atoms with van der Waals surface area (Å²) in [5.41, 5.74) is 1.78. The number of nitro groups is 1. The highest BCUT2D eigenvalue weighted by atomic mass is 32.2. The maximum absolute atomic E-state index is 11.2. The molecule has 0 radical (unpaired) electrons. The number of benzene rings is 1. The van der Waals surface area contributed by atoms with Gasteiger partial charge in [0, 0.05) is 43.2 Å². The van der Waals surface area contributed by atoms with Crippen LogP contribution < -0.4 is 5.32 Å². The number of rotatable bonds is 5. The van der Waals surface area contributed by atoms with Crippen molar-refractivity contribution in [3.05, 3.63) is 33.9 Å². The lowest BCUT2D eigenvalue weighted by Gasteiger charge is -2.32. The summed E-state index contributed by atoms with van der Waals surface area (Å²) in [7, 11) is 0. The Hall–Kier alpha value is -1.27. The zero-order chi connectivity index (χ0) is 14.5. The van der Waals surface area contributed by atoms with Gasteiger partial charge in [-0.25, -0.2) is 0 Å². The van der Waals surface area contributed by atoms with Crippen molar-refractivity contribution in [3.8, 4) is 0 Å². The summed E-state index contributed by atoms with van der Waals surface area (Å²) in [6, 6.07) is 6.04. The second kappa shape index (κ2) is 6.95. The number of nitrogens with zero attached hydrogens (tertiary/aromatic N) is 2. The van der Waals surface area contributed by atoms with Gasteiger partial charge in [-0.1, -0.05) is 6.07 Å². The molecule has 20 heavy (non-hydrogen) atoms. The van der Waals surface area contributed by atoms with E-state index in [0.29, 0.717) is 18.3 Å². The number of nitrogens with one attached hydrogen (secondary N) is 1. The Labute approximate surface area is 123 Å². The Morgan fingerprint density at radius 1 is 1.55 bits per heavy atom. The SMILES string of the molecule is CCNc1ccc(CN2CCSCC2C)cc1[N+](=O)[O-]. The standard InChI is InChI=1S/C14H21N3O2S/c1-3-15-13-5-4-12(8-14(13)17(18)19)9-16-6-7-20-10-11(16)2/h4-5,8,11,15H,3,6-7,9-10H2,1-2H3. The monoisotopic (exact) mass is 295 g/mol. The number of anilines is 1. The predicted molar refractivity (Wildman–Crippen MR) is 84.5 cm³/mol. The molecule has 1 aromatic carbocycles. The van der Waals surface area contributed by atoms with Gasteiger partial charge in [-0.15, -0.1) is 0 Å². The molecule has 1 atom stereocenters. The van der Waals surface area contributed by atoms with E-state index in [4.69, 9.17) is 0 Å². The van der Waals surface area contributed by atoms with E-state index in [0.717, 1.165) is 30.2 Å². The molecule has 6 heteroatoms. The largest absolute Gasteiger partial charge is 0.380 e. The van der Waals surface area contributed by atoms with Crippen molar-refractivity contribution in [1.29, 1.82) is 0 Å². The van der Waals surface area contributed by atoms with E-state index in [2.05, 4.69) is 17.1 Å². The minimum atomic E-state index is -0.309. The molecule has 1 fully saturated rings. The third kappa shape index (κ3) is 3.64. The molecule has 0 spiro atoms. The lowest BCUT2D eigenvalue weighted by atomic mass is 10.1. The fourth-order valence-corrected chi connectivity index (χ4v) is 3.48. The van der Waals surface area contributed by atoms with E-state index in [9.17, 15) is 10.1 Å². The molecule has 5 nitrogen and oxygen atoms in total. The fraction of sp³-hybridized carbons (Fsp3) is 0.571. The van der Waals surface area contributed by atoms with Crippen LogP contribution in [0.1, 0.15) is 19.4 Å². The molecule has 1 unspecified atom stereocenters. The van der Waals surface area contributed by atoms with Gasteiger partial charge in [0.2, 0.25) is 0 Å². The molecular weight excluding hydrogens is 274 g/mol. The predicted octanol–water partition coefficient (Wildman–Crippen LogP) is 2.96. The lowest BCUT2D eigenvalue weighted by molar-refractivity contribution is -0.384. The molecule has 0 aromatic heterocycles. The van der Waals surface area contributed by atoms with Crippen LogP contribution in [-0.2, 0) is 6.54 Å². The van der Waals surface area contributed by atoms with Gasteiger partial charge >= 0.3 is 0 Å². The molecule has 1 N–H and O–H groups in total. The fourth-order valence-electron chi connectivity index (χ4n) is 2.40. The average molecular weight is 295 g/mol. The molecule has 1 saturated heterocycles.